The van der Waals surface area contributed by atoms with Crippen molar-refractivity contribution in [1.29, 1.82) is 0 Å². The third kappa shape index (κ3) is 6.91. The first-order valence-corrected chi connectivity index (χ1v) is 9.77. The zero-order valence-corrected chi connectivity index (χ0v) is 15.5. The monoisotopic (exact) mass is 352 g/mol. The number of carbonyl (C=O) groups excluding carboxylic acids is 3. The molecule has 0 unspecified atom stereocenters. The van der Waals surface area contributed by atoms with Crippen LogP contribution in [0.15, 0.2) is 23.8 Å². The second-order valence-corrected chi connectivity index (χ2v) is 7.32. The lowest BCUT2D eigenvalue weighted by atomic mass is 9.91. The Kier molecular flexibility index (Phi) is 9.45. The lowest BCUT2D eigenvalue weighted by Gasteiger charge is -2.24. The van der Waals surface area contributed by atoms with Crippen LogP contribution in [0.25, 0.3) is 0 Å². The molecule has 0 aliphatic heterocycles. The van der Waals surface area contributed by atoms with Crippen LogP contribution in [0.5, 0.6) is 0 Å². The van der Waals surface area contributed by atoms with Gasteiger partial charge >= 0.3 is 0 Å². The molecular formula is C18H28N2O3S. The Morgan fingerprint density at radius 2 is 2.08 bits per heavy atom. The molecule has 1 aliphatic carbocycles. The number of thioether (sulfide) groups is 1. The molecular weight excluding hydrogens is 324 g/mol. The quantitative estimate of drug-likeness (QED) is 0.559. The lowest BCUT2D eigenvalue weighted by molar-refractivity contribution is -0.129. The van der Waals surface area contributed by atoms with Crippen molar-refractivity contribution in [3.8, 4) is 0 Å². The first kappa shape index (κ1) is 20.5. The highest BCUT2D eigenvalue weighted by atomic mass is 32.2. The molecule has 0 saturated carbocycles. The van der Waals surface area contributed by atoms with E-state index >= 15 is 0 Å². The van der Waals surface area contributed by atoms with E-state index in [0.717, 1.165) is 17.7 Å². The lowest BCUT2D eigenvalue weighted by Crippen LogP contribution is -2.50. The first-order valence-electron chi connectivity index (χ1n) is 8.38. The summed E-state index contributed by atoms with van der Waals surface area (Å²) in [5.41, 5.74) is 0.757. The molecule has 0 radical (unpaired) electrons. The zero-order valence-electron chi connectivity index (χ0n) is 14.7. The summed E-state index contributed by atoms with van der Waals surface area (Å²) in [4.78, 5) is 36.0. The van der Waals surface area contributed by atoms with Gasteiger partial charge in [0.1, 0.15) is 6.04 Å². The van der Waals surface area contributed by atoms with Crippen molar-refractivity contribution < 1.29 is 14.4 Å². The summed E-state index contributed by atoms with van der Waals surface area (Å²) < 4.78 is 0. The standard InChI is InChI=1S/C18H28N2O3S/c1-13(2)11-16(17(22)14-7-5-4-6-8-14)20-18(23)15(19-12-21)9-10-24-3/h4-5,7,12-13,15-16H,6,8-11H2,1-3H3,(H,19,21)(H,20,23)/t15-,16-/m0/s1. The van der Waals surface area contributed by atoms with E-state index in [0.29, 0.717) is 25.7 Å². The van der Waals surface area contributed by atoms with Gasteiger partial charge in [-0.1, -0.05) is 32.1 Å². The van der Waals surface area contributed by atoms with Crippen molar-refractivity contribution >= 4 is 29.9 Å². The highest BCUT2D eigenvalue weighted by Gasteiger charge is 2.27. The Bertz CT molecular complexity index is 500. The molecule has 5 nitrogen and oxygen atoms in total. The van der Waals surface area contributed by atoms with E-state index < -0.39 is 12.1 Å². The molecule has 2 amide bonds. The number of ketones is 1. The Morgan fingerprint density at radius 1 is 1.33 bits per heavy atom. The number of nitrogens with one attached hydrogen (secondary N) is 2. The third-order valence-electron chi connectivity index (χ3n) is 3.87. The average Bonchev–Trinajstić information content (AvgIpc) is 2.57. The van der Waals surface area contributed by atoms with E-state index in [1.54, 1.807) is 11.8 Å². The number of carbonyl (C=O) groups is 3. The minimum Gasteiger partial charge on any atom is -0.347 e. The summed E-state index contributed by atoms with van der Waals surface area (Å²) in [6.45, 7) is 4.05. The number of hydrogen-bond donors (Lipinski definition) is 2. The van der Waals surface area contributed by atoms with Crippen LogP contribution < -0.4 is 10.6 Å². The van der Waals surface area contributed by atoms with Gasteiger partial charge in [0.2, 0.25) is 12.3 Å². The molecule has 0 aromatic carbocycles. The fourth-order valence-corrected chi connectivity index (χ4v) is 3.09. The molecule has 1 rings (SSSR count). The minimum absolute atomic E-state index is 0.0175. The Hall–Kier alpha value is -1.56. The maximum atomic E-state index is 12.8. The molecule has 0 aromatic rings. The SMILES string of the molecule is CSCC[C@H](NC=O)C(=O)N[C@@H](CC(C)C)C(=O)C1=CC=CCC1. The van der Waals surface area contributed by atoms with E-state index in [1.807, 2.05) is 38.3 Å². The predicted molar refractivity (Wildman–Crippen MR) is 98.8 cm³/mol. The van der Waals surface area contributed by atoms with E-state index in [2.05, 4.69) is 10.6 Å². The van der Waals surface area contributed by atoms with Crippen LogP contribution in [0, 0.1) is 5.92 Å². The smallest absolute Gasteiger partial charge is 0.243 e. The van der Waals surface area contributed by atoms with E-state index in [4.69, 9.17) is 0 Å². The molecule has 0 bridgehead atoms. The van der Waals surface area contributed by atoms with Gasteiger partial charge in [-0.2, -0.15) is 11.8 Å². The molecule has 24 heavy (non-hydrogen) atoms. The van der Waals surface area contributed by atoms with Gasteiger partial charge in [0.15, 0.2) is 5.78 Å². The third-order valence-corrected chi connectivity index (χ3v) is 4.51. The summed E-state index contributed by atoms with van der Waals surface area (Å²) in [5, 5.41) is 5.41. The van der Waals surface area contributed by atoms with E-state index in [9.17, 15) is 14.4 Å². The van der Waals surface area contributed by atoms with Gasteiger partial charge in [0.05, 0.1) is 6.04 Å². The summed E-state index contributed by atoms with van der Waals surface area (Å²) in [7, 11) is 0. The van der Waals surface area contributed by atoms with Gasteiger partial charge in [0, 0.05) is 0 Å². The van der Waals surface area contributed by atoms with Crippen molar-refractivity contribution in [2.24, 2.45) is 5.92 Å². The molecule has 1 aliphatic rings. The molecule has 0 heterocycles. The number of hydrogen-bond acceptors (Lipinski definition) is 4. The van der Waals surface area contributed by atoms with Crippen molar-refractivity contribution in [1.82, 2.24) is 10.6 Å². The molecule has 0 aromatic heterocycles. The summed E-state index contributed by atoms with van der Waals surface area (Å²) >= 11 is 1.61. The second-order valence-electron chi connectivity index (χ2n) is 6.33. The first-order chi connectivity index (χ1) is 11.5. The largest absolute Gasteiger partial charge is 0.347 e. The van der Waals surface area contributed by atoms with Crippen molar-refractivity contribution in [2.45, 2.75) is 51.6 Å². The average molecular weight is 353 g/mol. The van der Waals surface area contributed by atoms with Crippen LogP contribution >= 0.6 is 11.8 Å². The Labute approximate surface area is 148 Å². The molecule has 0 spiro atoms. The molecule has 2 N–H and O–H groups in total. The van der Waals surface area contributed by atoms with E-state index in [1.165, 1.54) is 0 Å². The van der Waals surface area contributed by atoms with Crippen LogP contribution in [0.1, 0.15) is 39.5 Å². The summed E-state index contributed by atoms with van der Waals surface area (Å²) in [6.07, 6.45) is 10.9. The Morgan fingerprint density at radius 3 is 2.62 bits per heavy atom. The molecule has 0 fully saturated rings. The van der Waals surface area contributed by atoms with Crippen LogP contribution in [-0.4, -0.2) is 42.2 Å². The normalized spacial score (nSPS) is 16.2. The van der Waals surface area contributed by atoms with Crippen LogP contribution in [0.2, 0.25) is 0 Å². The second kappa shape index (κ2) is 11.1. The van der Waals surface area contributed by atoms with E-state index in [-0.39, 0.29) is 17.6 Å². The molecule has 134 valence electrons. The fourth-order valence-electron chi connectivity index (χ4n) is 2.61. The number of rotatable bonds is 11. The highest BCUT2D eigenvalue weighted by molar-refractivity contribution is 7.98. The van der Waals surface area contributed by atoms with Crippen molar-refractivity contribution in [3.63, 3.8) is 0 Å². The fraction of sp³-hybridized carbons (Fsp3) is 0.611. The maximum Gasteiger partial charge on any atom is 0.243 e. The summed E-state index contributed by atoms with van der Waals surface area (Å²) in [6, 6.07) is -1.14. The number of amides is 2. The molecule has 2 atom stereocenters. The molecule has 0 saturated heterocycles. The zero-order chi connectivity index (χ0) is 17.9. The van der Waals surface area contributed by atoms with Crippen molar-refractivity contribution in [2.75, 3.05) is 12.0 Å². The van der Waals surface area contributed by atoms with Crippen LogP contribution in [0.4, 0.5) is 0 Å². The van der Waals surface area contributed by atoms with Crippen LogP contribution in [0.3, 0.4) is 0 Å². The van der Waals surface area contributed by atoms with Gasteiger partial charge in [0.25, 0.3) is 0 Å². The topological polar surface area (TPSA) is 75.3 Å². The van der Waals surface area contributed by atoms with Crippen molar-refractivity contribution in [3.05, 3.63) is 23.8 Å². The van der Waals surface area contributed by atoms with Gasteiger partial charge in [-0.05, 0) is 49.2 Å². The highest BCUT2D eigenvalue weighted by Crippen LogP contribution is 2.18. The van der Waals surface area contributed by atoms with Gasteiger partial charge in [-0.15, -0.1) is 0 Å². The number of Topliss-reactive ketones (excluding diaryl/α,β-unsaturated/α-hetero) is 1. The van der Waals surface area contributed by atoms with Crippen LogP contribution in [-0.2, 0) is 14.4 Å². The number of allylic oxidation sites excluding steroid dienone is 3. The van der Waals surface area contributed by atoms with Gasteiger partial charge in [-0.25, -0.2) is 0 Å². The molecule has 6 heteroatoms. The van der Waals surface area contributed by atoms with Gasteiger partial charge < -0.3 is 10.6 Å². The maximum absolute atomic E-state index is 12.8. The Balaban J connectivity index is 2.81. The van der Waals surface area contributed by atoms with Gasteiger partial charge in [-0.3, -0.25) is 14.4 Å². The predicted octanol–water partition coefficient (Wildman–Crippen LogP) is 2.23. The summed E-state index contributed by atoms with van der Waals surface area (Å²) in [5.74, 6) is 0.735. The minimum atomic E-state index is -0.599.